The molecule has 3 rings (SSSR count). The van der Waals surface area contributed by atoms with Crippen LogP contribution in [0.5, 0.6) is 0 Å². The number of anilines is 2. The molecule has 0 unspecified atom stereocenters. The Kier molecular flexibility index (Phi) is 6.99. The number of amides is 2. The molecular formula is C22H24N4O5. The molecule has 0 saturated heterocycles. The van der Waals surface area contributed by atoms with E-state index in [-0.39, 0.29) is 19.1 Å². The number of likely N-dealkylation sites (N-methyl/N-ethyl adjacent to an activating group) is 1. The van der Waals surface area contributed by atoms with Crippen LogP contribution in [0.1, 0.15) is 18.1 Å². The van der Waals surface area contributed by atoms with Gasteiger partial charge in [-0.25, -0.2) is 14.6 Å². The first-order chi connectivity index (χ1) is 14.8. The summed E-state index contributed by atoms with van der Waals surface area (Å²) >= 11 is 0. The van der Waals surface area contributed by atoms with Crippen molar-refractivity contribution in [2.75, 3.05) is 30.8 Å². The van der Waals surface area contributed by atoms with Gasteiger partial charge in [0.2, 0.25) is 5.91 Å². The SMILES string of the molecule is CCOC(=O)Nc1ccc2c(CN(C)CC(=O)Nc3cc(C)ccn3)cc(=O)oc2c1. The van der Waals surface area contributed by atoms with Gasteiger partial charge >= 0.3 is 11.7 Å². The monoisotopic (exact) mass is 424 g/mol. The van der Waals surface area contributed by atoms with Gasteiger partial charge in [-0.1, -0.05) is 0 Å². The summed E-state index contributed by atoms with van der Waals surface area (Å²) in [6.45, 7) is 4.34. The van der Waals surface area contributed by atoms with Crippen molar-refractivity contribution in [2.45, 2.75) is 20.4 Å². The highest BCUT2D eigenvalue weighted by molar-refractivity contribution is 5.92. The van der Waals surface area contributed by atoms with Crippen molar-refractivity contribution in [2.24, 2.45) is 0 Å². The first-order valence-corrected chi connectivity index (χ1v) is 9.75. The Morgan fingerprint density at radius 2 is 1.97 bits per heavy atom. The number of benzene rings is 1. The van der Waals surface area contributed by atoms with Crippen LogP contribution in [-0.4, -0.2) is 42.1 Å². The van der Waals surface area contributed by atoms with Crippen LogP contribution in [0.3, 0.4) is 0 Å². The van der Waals surface area contributed by atoms with Crippen LogP contribution in [0.25, 0.3) is 11.0 Å². The second-order valence-electron chi connectivity index (χ2n) is 7.09. The molecule has 0 saturated carbocycles. The standard InChI is InChI=1S/C22H24N4O5/c1-4-30-22(29)24-16-5-6-17-15(10-21(28)31-18(17)11-16)12-26(3)13-20(27)25-19-9-14(2)7-8-23-19/h5-11H,4,12-13H2,1-3H3,(H,24,29)(H,23,25,27). The van der Waals surface area contributed by atoms with E-state index in [2.05, 4.69) is 15.6 Å². The van der Waals surface area contributed by atoms with Crippen molar-refractivity contribution in [3.8, 4) is 0 Å². The summed E-state index contributed by atoms with van der Waals surface area (Å²) in [6, 6.07) is 10.0. The Labute approximate surface area is 179 Å². The fourth-order valence-electron chi connectivity index (χ4n) is 3.10. The smallest absolute Gasteiger partial charge is 0.411 e. The quantitative estimate of drug-likeness (QED) is 0.560. The molecule has 0 bridgehead atoms. The lowest BCUT2D eigenvalue weighted by Gasteiger charge is -2.17. The summed E-state index contributed by atoms with van der Waals surface area (Å²) in [4.78, 5) is 41.9. The Morgan fingerprint density at radius 3 is 2.71 bits per heavy atom. The van der Waals surface area contributed by atoms with Gasteiger partial charge in [0, 0.05) is 35.9 Å². The van der Waals surface area contributed by atoms with Crippen molar-refractivity contribution < 1.29 is 18.7 Å². The zero-order valence-corrected chi connectivity index (χ0v) is 17.6. The summed E-state index contributed by atoms with van der Waals surface area (Å²) in [5.74, 6) is 0.277. The Hall–Kier alpha value is -3.72. The van der Waals surface area contributed by atoms with E-state index in [9.17, 15) is 14.4 Å². The van der Waals surface area contributed by atoms with Crippen molar-refractivity contribution in [1.29, 1.82) is 0 Å². The lowest BCUT2D eigenvalue weighted by atomic mass is 10.1. The molecular weight excluding hydrogens is 400 g/mol. The minimum Gasteiger partial charge on any atom is -0.450 e. The van der Waals surface area contributed by atoms with E-state index in [0.29, 0.717) is 34.6 Å². The molecule has 0 radical (unpaired) electrons. The highest BCUT2D eigenvalue weighted by Gasteiger charge is 2.13. The van der Waals surface area contributed by atoms with Crippen LogP contribution in [0, 0.1) is 6.92 Å². The fourth-order valence-corrected chi connectivity index (χ4v) is 3.10. The van der Waals surface area contributed by atoms with Crippen molar-refractivity contribution in [3.05, 3.63) is 64.1 Å². The van der Waals surface area contributed by atoms with Crippen molar-refractivity contribution in [3.63, 3.8) is 0 Å². The van der Waals surface area contributed by atoms with Crippen molar-refractivity contribution >= 4 is 34.5 Å². The van der Waals surface area contributed by atoms with Crippen LogP contribution in [0.4, 0.5) is 16.3 Å². The maximum Gasteiger partial charge on any atom is 0.411 e. The Balaban J connectivity index is 1.72. The molecule has 2 heterocycles. The third-order valence-electron chi connectivity index (χ3n) is 4.39. The molecule has 31 heavy (non-hydrogen) atoms. The molecule has 2 N–H and O–H groups in total. The first kappa shape index (κ1) is 22.0. The van der Waals surface area contributed by atoms with Crippen LogP contribution in [-0.2, 0) is 16.1 Å². The van der Waals surface area contributed by atoms with E-state index < -0.39 is 11.7 Å². The number of rotatable bonds is 7. The van der Waals surface area contributed by atoms with E-state index in [1.807, 2.05) is 13.0 Å². The van der Waals surface area contributed by atoms with Gasteiger partial charge < -0.3 is 14.5 Å². The number of carbonyl (C=O) groups is 2. The molecule has 0 aliphatic rings. The van der Waals surface area contributed by atoms with Crippen molar-refractivity contribution in [1.82, 2.24) is 9.88 Å². The fraction of sp³-hybridized carbons (Fsp3) is 0.273. The van der Waals surface area contributed by atoms with Gasteiger partial charge in [0.1, 0.15) is 11.4 Å². The number of carbonyl (C=O) groups excluding carboxylic acids is 2. The molecule has 0 aliphatic heterocycles. The summed E-state index contributed by atoms with van der Waals surface area (Å²) in [5.41, 5.74) is 1.97. The molecule has 3 aromatic rings. The summed E-state index contributed by atoms with van der Waals surface area (Å²) in [7, 11) is 1.78. The molecule has 162 valence electrons. The minimum atomic E-state index is -0.589. The van der Waals surface area contributed by atoms with E-state index in [1.54, 1.807) is 49.3 Å². The zero-order chi connectivity index (χ0) is 22.4. The largest absolute Gasteiger partial charge is 0.450 e. The van der Waals surface area contributed by atoms with Gasteiger partial charge in [-0.15, -0.1) is 0 Å². The topological polar surface area (TPSA) is 114 Å². The number of hydrogen-bond acceptors (Lipinski definition) is 7. The van der Waals surface area contributed by atoms with Gasteiger partial charge in [0.15, 0.2) is 0 Å². The Bertz CT molecular complexity index is 1160. The Morgan fingerprint density at radius 1 is 1.16 bits per heavy atom. The molecule has 9 nitrogen and oxygen atoms in total. The number of ether oxygens (including phenoxy) is 1. The summed E-state index contributed by atoms with van der Waals surface area (Å²) in [6.07, 6.45) is 1.05. The second kappa shape index (κ2) is 9.86. The summed E-state index contributed by atoms with van der Waals surface area (Å²) in [5, 5.41) is 6.05. The van der Waals surface area contributed by atoms with E-state index in [1.165, 1.54) is 6.07 Å². The third kappa shape index (κ3) is 6.13. The number of pyridine rings is 1. The van der Waals surface area contributed by atoms with Gasteiger partial charge in [-0.05, 0) is 56.3 Å². The molecule has 0 atom stereocenters. The predicted molar refractivity (Wildman–Crippen MR) is 117 cm³/mol. The van der Waals surface area contributed by atoms with Crippen LogP contribution in [0.15, 0.2) is 51.8 Å². The van der Waals surface area contributed by atoms with Gasteiger partial charge in [0.25, 0.3) is 0 Å². The lowest BCUT2D eigenvalue weighted by Crippen LogP contribution is -2.30. The van der Waals surface area contributed by atoms with Gasteiger partial charge in [0.05, 0.1) is 13.2 Å². The molecule has 0 aliphatic carbocycles. The lowest BCUT2D eigenvalue weighted by molar-refractivity contribution is -0.117. The maximum absolute atomic E-state index is 12.3. The van der Waals surface area contributed by atoms with Gasteiger partial charge in [-0.3, -0.25) is 15.0 Å². The molecule has 0 spiro atoms. The maximum atomic E-state index is 12.3. The average Bonchev–Trinajstić information content (AvgIpc) is 2.67. The van der Waals surface area contributed by atoms with E-state index in [0.717, 1.165) is 5.56 Å². The average molecular weight is 424 g/mol. The van der Waals surface area contributed by atoms with Crippen LogP contribution in [0.2, 0.25) is 0 Å². The van der Waals surface area contributed by atoms with Gasteiger partial charge in [-0.2, -0.15) is 0 Å². The van der Waals surface area contributed by atoms with E-state index in [4.69, 9.17) is 9.15 Å². The highest BCUT2D eigenvalue weighted by atomic mass is 16.5. The predicted octanol–water partition coefficient (Wildman–Crippen LogP) is 3.14. The molecule has 1 aromatic carbocycles. The first-order valence-electron chi connectivity index (χ1n) is 9.75. The number of nitrogens with zero attached hydrogens (tertiary/aromatic N) is 2. The molecule has 0 fully saturated rings. The molecule has 9 heteroatoms. The van der Waals surface area contributed by atoms with E-state index >= 15 is 0 Å². The number of aryl methyl sites for hydroxylation is 1. The zero-order valence-electron chi connectivity index (χ0n) is 17.6. The van der Waals surface area contributed by atoms with Crippen LogP contribution >= 0.6 is 0 Å². The normalized spacial score (nSPS) is 10.8. The number of fused-ring (bicyclic) bond motifs is 1. The third-order valence-corrected chi connectivity index (χ3v) is 4.39. The summed E-state index contributed by atoms with van der Waals surface area (Å²) < 4.78 is 10.1. The molecule has 2 amide bonds. The number of hydrogen-bond donors (Lipinski definition) is 2. The van der Waals surface area contributed by atoms with Crippen LogP contribution < -0.4 is 16.3 Å². The number of aromatic nitrogens is 1. The second-order valence-corrected chi connectivity index (χ2v) is 7.09. The minimum absolute atomic E-state index is 0.111. The number of nitrogens with one attached hydrogen (secondary N) is 2. The molecule has 2 aromatic heterocycles. The highest BCUT2D eigenvalue weighted by Crippen LogP contribution is 2.22.